The second-order valence-electron chi connectivity index (χ2n) is 8.47. The molecule has 37 heavy (non-hydrogen) atoms. The Hall–Kier alpha value is -4.65. The zero-order valence-corrected chi connectivity index (χ0v) is 20.1. The smallest absolute Gasteiger partial charge is 0.251 e. The van der Waals surface area contributed by atoms with Crippen molar-refractivity contribution in [2.24, 2.45) is 5.73 Å². The predicted molar refractivity (Wildman–Crippen MR) is 139 cm³/mol. The van der Waals surface area contributed by atoms with E-state index < -0.39 is 23.7 Å². The van der Waals surface area contributed by atoms with E-state index in [0.29, 0.717) is 24.7 Å². The highest BCUT2D eigenvalue weighted by Gasteiger charge is 2.21. The fraction of sp³-hybridized carbons (Fsp3) is 0.133. The number of hydrogen-bond acceptors (Lipinski definition) is 4. The summed E-state index contributed by atoms with van der Waals surface area (Å²) in [7, 11) is 0. The Balaban J connectivity index is 1.51. The van der Waals surface area contributed by atoms with Gasteiger partial charge in [-0.05, 0) is 53.1 Å². The van der Waals surface area contributed by atoms with Crippen LogP contribution >= 0.6 is 0 Å². The third-order valence-electron chi connectivity index (χ3n) is 5.68. The third kappa shape index (κ3) is 7.41. The van der Waals surface area contributed by atoms with Crippen LogP contribution in [0.5, 0.6) is 11.5 Å². The van der Waals surface area contributed by atoms with Crippen molar-refractivity contribution in [1.29, 1.82) is 0 Å². The van der Waals surface area contributed by atoms with Crippen molar-refractivity contribution in [2.45, 2.75) is 25.7 Å². The van der Waals surface area contributed by atoms with Crippen molar-refractivity contribution >= 4 is 11.8 Å². The molecule has 0 aromatic heterocycles. The van der Waals surface area contributed by atoms with Crippen molar-refractivity contribution in [3.05, 3.63) is 131 Å². The maximum Gasteiger partial charge on any atom is 0.251 e. The molecule has 4 aromatic rings. The summed E-state index contributed by atoms with van der Waals surface area (Å²) in [4.78, 5) is 24.7. The Labute approximate surface area is 214 Å². The first kappa shape index (κ1) is 25.4. The molecule has 0 aliphatic rings. The van der Waals surface area contributed by atoms with Crippen molar-refractivity contribution in [1.82, 2.24) is 5.32 Å². The second kappa shape index (κ2) is 12.4. The summed E-state index contributed by atoms with van der Waals surface area (Å²) in [6, 6.07) is 28.9. The zero-order chi connectivity index (χ0) is 26.0. The molecule has 188 valence electrons. The Bertz CT molecular complexity index is 1330. The van der Waals surface area contributed by atoms with Gasteiger partial charge in [-0.25, -0.2) is 4.39 Å². The first-order chi connectivity index (χ1) is 18.0. The summed E-state index contributed by atoms with van der Waals surface area (Å²) >= 11 is 0. The monoisotopic (exact) mass is 498 g/mol. The molecule has 0 saturated heterocycles. The molecule has 0 heterocycles. The van der Waals surface area contributed by atoms with E-state index in [2.05, 4.69) is 5.32 Å². The molecule has 1 atom stereocenters. The Morgan fingerprint density at radius 1 is 0.730 bits per heavy atom. The number of ether oxygens (including phenoxy) is 2. The fourth-order valence-corrected chi connectivity index (χ4v) is 3.68. The minimum absolute atomic E-state index is 0.142. The highest BCUT2D eigenvalue weighted by Crippen LogP contribution is 2.30. The number of rotatable bonds is 11. The molecular weight excluding hydrogens is 471 g/mol. The summed E-state index contributed by atoms with van der Waals surface area (Å²) < 4.78 is 25.3. The van der Waals surface area contributed by atoms with Crippen molar-refractivity contribution in [2.75, 3.05) is 0 Å². The van der Waals surface area contributed by atoms with Gasteiger partial charge in [0.25, 0.3) is 5.91 Å². The Morgan fingerprint density at radius 3 is 1.86 bits per heavy atom. The van der Waals surface area contributed by atoms with Crippen LogP contribution in [0.2, 0.25) is 0 Å². The molecular formula is C30H27FN2O4. The SMILES string of the molecule is NC(=O)[C@@H](Cc1ccc(OCc2ccccc2)c(OCc2ccccc2)c1)NC(=O)c1ccc(F)cc1. The lowest BCUT2D eigenvalue weighted by molar-refractivity contribution is -0.119. The largest absolute Gasteiger partial charge is 0.485 e. The summed E-state index contributed by atoms with van der Waals surface area (Å²) in [5, 5.41) is 2.63. The van der Waals surface area contributed by atoms with Gasteiger partial charge < -0.3 is 20.5 Å². The minimum atomic E-state index is -0.976. The van der Waals surface area contributed by atoms with E-state index in [1.54, 1.807) is 18.2 Å². The molecule has 0 fully saturated rings. The lowest BCUT2D eigenvalue weighted by Crippen LogP contribution is -2.45. The number of hydrogen-bond donors (Lipinski definition) is 2. The first-order valence-electron chi connectivity index (χ1n) is 11.8. The van der Waals surface area contributed by atoms with Gasteiger partial charge in [-0.1, -0.05) is 66.7 Å². The van der Waals surface area contributed by atoms with Crippen LogP contribution in [0.3, 0.4) is 0 Å². The number of carbonyl (C=O) groups excluding carboxylic acids is 2. The molecule has 0 unspecified atom stereocenters. The van der Waals surface area contributed by atoms with Gasteiger partial charge in [0.05, 0.1) is 0 Å². The molecule has 0 aliphatic carbocycles. The number of halogens is 1. The lowest BCUT2D eigenvalue weighted by Gasteiger charge is -2.18. The Morgan fingerprint density at radius 2 is 1.30 bits per heavy atom. The van der Waals surface area contributed by atoms with Gasteiger partial charge in [0.15, 0.2) is 11.5 Å². The van der Waals surface area contributed by atoms with Crippen LogP contribution in [-0.4, -0.2) is 17.9 Å². The number of benzene rings is 4. The first-order valence-corrected chi connectivity index (χ1v) is 11.8. The molecule has 4 aromatic carbocycles. The van der Waals surface area contributed by atoms with Gasteiger partial charge in [-0.2, -0.15) is 0 Å². The molecule has 7 heteroatoms. The molecule has 0 aliphatic heterocycles. The molecule has 0 spiro atoms. The normalized spacial score (nSPS) is 11.4. The van der Waals surface area contributed by atoms with Crippen molar-refractivity contribution < 1.29 is 23.5 Å². The highest BCUT2D eigenvalue weighted by atomic mass is 19.1. The highest BCUT2D eigenvalue weighted by molar-refractivity contribution is 5.97. The summed E-state index contributed by atoms with van der Waals surface area (Å²) in [6.45, 7) is 0.687. The quantitative estimate of drug-likeness (QED) is 0.311. The van der Waals surface area contributed by atoms with E-state index >= 15 is 0 Å². The number of nitrogens with one attached hydrogen (secondary N) is 1. The van der Waals surface area contributed by atoms with Gasteiger partial charge in [0.2, 0.25) is 5.91 Å². The molecule has 4 rings (SSSR count). The summed E-state index contributed by atoms with van der Waals surface area (Å²) in [5.74, 6) is -0.612. The molecule has 3 N–H and O–H groups in total. The van der Waals surface area contributed by atoms with Gasteiger partial charge in [0, 0.05) is 12.0 Å². The average molecular weight is 499 g/mol. The number of nitrogens with two attached hydrogens (primary N) is 1. The van der Waals surface area contributed by atoms with E-state index in [-0.39, 0.29) is 12.0 Å². The average Bonchev–Trinajstić information content (AvgIpc) is 2.92. The van der Waals surface area contributed by atoms with Crippen LogP contribution in [0.1, 0.15) is 27.0 Å². The van der Waals surface area contributed by atoms with Crippen LogP contribution in [-0.2, 0) is 24.4 Å². The van der Waals surface area contributed by atoms with Crippen LogP contribution < -0.4 is 20.5 Å². The number of carbonyl (C=O) groups is 2. The third-order valence-corrected chi connectivity index (χ3v) is 5.68. The number of amides is 2. The van der Waals surface area contributed by atoms with Gasteiger partial charge in [-0.15, -0.1) is 0 Å². The van der Waals surface area contributed by atoms with E-state index in [1.807, 2.05) is 60.7 Å². The molecule has 0 bridgehead atoms. The second-order valence-corrected chi connectivity index (χ2v) is 8.47. The fourth-order valence-electron chi connectivity index (χ4n) is 3.68. The lowest BCUT2D eigenvalue weighted by atomic mass is 10.0. The Kier molecular flexibility index (Phi) is 8.49. The zero-order valence-electron chi connectivity index (χ0n) is 20.1. The molecule has 6 nitrogen and oxygen atoms in total. The molecule has 0 saturated carbocycles. The van der Waals surface area contributed by atoms with E-state index in [0.717, 1.165) is 16.7 Å². The van der Waals surface area contributed by atoms with Crippen LogP contribution in [0.4, 0.5) is 4.39 Å². The van der Waals surface area contributed by atoms with Gasteiger partial charge >= 0.3 is 0 Å². The van der Waals surface area contributed by atoms with Crippen LogP contribution in [0, 0.1) is 5.82 Å². The van der Waals surface area contributed by atoms with Crippen LogP contribution in [0.25, 0.3) is 0 Å². The van der Waals surface area contributed by atoms with Gasteiger partial charge in [-0.3, -0.25) is 9.59 Å². The van der Waals surface area contributed by atoms with E-state index in [1.165, 1.54) is 24.3 Å². The summed E-state index contributed by atoms with van der Waals surface area (Å²) in [5.41, 5.74) is 8.53. The topological polar surface area (TPSA) is 90.7 Å². The maximum absolute atomic E-state index is 13.2. The maximum atomic E-state index is 13.2. The van der Waals surface area contributed by atoms with E-state index in [9.17, 15) is 14.0 Å². The van der Waals surface area contributed by atoms with Crippen LogP contribution in [0.15, 0.2) is 103 Å². The van der Waals surface area contributed by atoms with Crippen molar-refractivity contribution in [3.63, 3.8) is 0 Å². The van der Waals surface area contributed by atoms with E-state index in [4.69, 9.17) is 15.2 Å². The van der Waals surface area contributed by atoms with Gasteiger partial charge in [0.1, 0.15) is 25.1 Å². The molecule has 0 radical (unpaired) electrons. The minimum Gasteiger partial charge on any atom is -0.485 e. The van der Waals surface area contributed by atoms with Crippen molar-refractivity contribution in [3.8, 4) is 11.5 Å². The standard InChI is InChI=1S/C30H27FN2O4/c31-25-14-12-24(13-15-25)30(35)33-26(29(32)34)17-23-11-16-27(36-19-21-7-3-1-4-8-21)28(18-23)37-20-22-9-5-2-6-10-22/h1-16,18,26H,17,19-20H2,(H2,32,34)(H,33,35)/t26-/m1/s1. The summed E-state index contributed by atoms with van der Waals surface area (Å²) in [6.07, 6.45) is 0.142. The molecule has 2 amide bonds. The predicted octanol–water partition coefficient (Wildman–Crippen LogP) is 4.81. The number of primary amides is 1.